The third-order valence-corrected chi connectivity index (χ3v) is 8.50. The number of hydrogen-bond acceptors (Lipinski definition) is 5. The summed E-state index contributed by atoms with van der Waals surface area (Å²) in [6.07, 6.45) is 2.84. The van der Waals surface area contributed by atoms with Crippen molar-refractivity contribution in [1.29, 1.82) is 0 Å². The number of thioether (sulfide) groups is 1. The van der Waals surface area contributed by atoms with Gasteiger partial charge in [-0.2, -0.15) is 0 Å². The molecule has 2 aromatic carbocycles. The van der Waals surface area contributed by atoms with Crippen LogP contribution in [0.2, 0.25) is 0 Å². The summed E-state index contributed by atoms with van der Waals surface area (Å²) in [7, 11) is 0. The Morgan fingerprint density at radius 3 is 2.41 bits per heavy atom. The number of aromatic nitrogens is 4. The largest absolute Gasteiger partial charge is 0.269 e. The van der Waals surface area contributed by atoms with Crippen molar-refractivity contribution in [2.45, 2.75) is 23.8 Å². The molecule has 142 valence electrons. The van der Waals surface area contributed by atoms with Crippen LogP contribution in [0.5, 0.6) is 0 Å². The summed E-state index contributed by atoms with van der Waals surface area (Å²) >= 11 is 3.86. The van der Waals surface area contributed by atoms with Crippen molar-refractivity contribution in [2.24, 2.45) is 0 Å². The van der Waals surface area contributed by atoms with E-state index in [0.29, 0.717) is 10.5 Å². The van der Waals surface area contributed by atoms with Crippen LogP contribution in [-0.2, 0) is 6.42 Å². The number of nitrogens with zero attached hydrogens (tertiary/aromatic N) is 4. The minimum Gasteiger partial charge on any atom is -0.269 e. The molecule has 0 spiro atoms. The van der Waals surface area contributed by atoms with E-state index >= 15 is 0 Å². The van der Waals surface area contributed by atoms with E-state index in [1.807, 2.05) is 40.8 Å². The van der Waals surface area contributed by atoms with Gasteiger partial charge in [0.1, 0.15) is 17.0 Å². The first-order valence-electron chi connectivity index (χ1n) is 9.66. The highest BCUT2D eigenvalue weighted by Crippen LogP contribution is 2.55. The number of fused-ring (bicyclic) bond motifs is 5. The molecule has 1 aliphatic heterocycles. The second-order valence-electron chi connectivity index (χ2n) is 7.34. The molecule has 0 saturated heterocycles. The van der Waals surface area contributed by atoms with Gasteiger partial charge < -0.3 is 0 Å². The van der Waals surface area contributed by atoms with Crippen molar-refractivity contribution in [2.75, 3.05) is 0 Å². The molecule has 0 aliphatic carbocycles. The molecule has 5 aromatic rings. The van der Waals surface area contributed by atoms with Crippen LogP contribution in [0.3, 0.4) is 0 Å². The first-order valence-corrected chi connectivity index (χ1v) is 11.4. The van der Waals surface area contributed by atoms with Crippen LogP contribution in [0.25, 0.3) is 15.9 Å². The SMILES string of the molecule is Cc1nnc2c3c4c(sc3ncn12)[C@H](c1ccccc1)S[C@H](c1ccccc1)C4. The average molecular weight is 415 g/mol. The highest BCUT2D eigenvalue weighted by atomic mass is 32.2. The number of rotatable bonds is 2. The Kier molecular flexibility index (Phi) is 3.96. The molecule has 0 saturated carbocycles. The lowest BCUT2D eigenvalue weighted by Gasteiger charge is -2.30. The highest BCUT2D eigenvalue weighted by molar-refractivity contribution is 8.00. The zero-order chi connectivity index (χ0) is 19.4. The number of aryl methyl sites for hydroxylation is 1. The quantitative estimate of drug-likeness (QED) is 0.368. The Hall–Kier alpha value is -2.70. The van der Waals surface area contributed by atoms with Gasteiger partial charge in [0.05, 0.1) is 10.6 Å². The summed E-state index contributed by atoms with van der Waals surface area (Å²) in [6, 6.07) is 21.7. The molecule has 4 nitrogen and oxygen atoms in total. The Morgan fingerprint density at radius 1 is 0.931 bits per heavy atom. The molecule has 0 unspecified atom stereocenters. The van der Waals surface area contributed by atoms with E-state index in [2.05, 4.69) is 70.9 Å². The van der Waals surface area contributed by atoms with Crippen molar-refractivity contribution in [3.05, 3.63) is 94.4 Å². The molecule has 4 heterocycles. The predicted molar refractivity (Wildman–Crippen MR) is 120 cm³/mol. The van der Waals surface area contributed by atoms with Gasteiger partial charge in [0.15, 0.2) is 5.65 Å². The van der Waals surface area contributed by atoms with E-state index in [0.717, 1.165) is 22.7 Å². The zero-order valence-electron chi connectivity index (χ0n) is 15.8. The van der Waals surface area contributed by atoms with Crippen LogP contribution in [0, 0.1) is 6.92 Å². The lowest BCUT2D eigenvalue weighted by atomic mass is 9.98. The average Bonchev–Trinajstić information content (AvgIpc) is 3.34. The lowest BCUT2D eigenvalue weighted by Crippen LogP contribution is -2.11. The Balaban J connectivity index is 1.61. The van der Waals surface area contributed by atoms with Gasteiger partial charge in [-0.3, -0.25) is 4.40 Å². The fourth-order valence-electron chi connectivity index (χ4n) is 4.17. The molecule has 0 bridgehead atoms. The molecule has 0 N–H and O–H groups in total. The standard InChI is InChI=1S/C23H18N4S2/c1-14-25-26-22-19-17-12-18(15-8-4-2-5-9-15)28-20(16-10-6-3-7-11-16)21(17)29-23(19)24-13-27(14)22/h2-11,13,18,20H,12H2,1H3/t18-,20-/m0/s1. The van der Waals surface area contributed by atoms with E-state index < -0.39 is 0 Å². The van der Waals surface area contributed by atoms with Crippen LogP contribution < -0.4 is 0 Å². The summed E-state index contributed by atoms with van der Waals surface area (Å²) in [5.41, 5.74) is 5.04. The summed E-state index contributed by atoms with van der Waals surface area (Å²) in [4.78, 5) is 7.23. The predicted octanol–water partition coefficient (Wildman–Crippen LogP) is 5.77. The smallest absolute Gasteiger partial charge is 0.172 e. The van der Waals surface area contributed by atoms with Gasteiger partial charge in [0, 0.05) is 10.1 Å². The first-order chi connectivity index (χ1) is 14.3. The van der Waals surface area contributed by atoms with Crippen molar-refractivity contribution in [1.82, 2.24) is 19.6 Å². The van der Waals surface area contributed by atoms with E-state index in [1.54, 1.807) is 0 Å². The van der Waals surface area contributed by atoms with Crippen molar-refractivity contribution < 1.29 is 0 Å². The summed E-state index contributed by atoms with van der Waals surface area (Å²) in [5.74, 6) is 0.874. The Bertz CT molecular complexity index is 1330. The topological polar surface area (TPSA) is 43.1 Å². The van der Waals surface area contributed by atoms with Crippen LogP contribution in [0.1, 0.15) is 37.9 Å². The normalized spacial score (nSPS) is 18.9. The second kappa shape index (κ2) is 6.68. The molecular weight excluding hydrogens is 396 g/mol. The third-order valence-electron chi connectivity index (χ3n) is 5.60. The third kappa shape index (κ3) is 2.70. The van der Waals surface area contributed by atoms with Crippen LogP contribution in [0.15, 0.2) is 67.0 Å². The van der Waals surface area contributed by atoms with Gasteiger partial charge in [0.25, 0.3) is 0 Å². The molecule has 6 heteroatoms. The van der Waals surface area contributed by atoms with Gasteiger partial charge in [0.2, 0.25) is 0 Å². The summed E-state index contributed by atoms with van der Waals surface area (Å²) in [5, 5.41) is 10.7. The Morgan fingerprint density at radius 2 is 1.66 bits per heavy atom. The molecule has 0 radical (unpaired) electrons. The van der Waals surface area contributed by atoms with Crippen molar-refractivity contribution >= 4 is 39.0 Å². The van der Waals surface area contributed by atoms with E-state index in [-0.39, 0.29) is 0 Å². The molecule has 2 atom stereocenters. The van der Waals surface area contributed by atoms with Crippen LogP contribution >= 0.6 is 23.1 Å². The summed E-state index contributed by atoms with van der Waals surface area (Å²) < 4.78 is 2.01. The van der Waals surface area contributed by atoms with E-state index in [9.17, 15) is 0 Å². The van der Waals surface area contributed by atoms with Gasteiger partial charge in [-0.25, -0.2) is 4.98 Å². The maximum atomic E-state index is 4.77. The summed E-state index contributed by atoms with van der Waals surface area (Å²) in [6.45, 7) is 1.97. The molecule has 29 heavy (non-hydrogen) atoms. The van der Waals surface area contributed by atoms with Crippen LogP contribution in [0.4, 0.5) is 0 Å². The zero-order valence-corrected chi connectivity index (χ0v) is 17.5. The number of thiophene rings is 1. The lowest BCUT2D eigenvalue weighted by molar-refractivity contribution is 0.894. The monoisotopic (exact) mass is 414 g/mol. The minimum absolute atomic E-state index is 0.299. The molecule has 3 aromatic heterocycles. The van der Waals surface area contributed by atoms with E-state index in [1.165, 1.54) is 27.0 Å². The van der Waals surface area contributed by atoms with Gasteiger partial charge in [-0.15, -0.1) is 33.3 Å². The van der Waals surface area contributed by atoms with Gasteiger partial charge >= 0.3 is 0 Å². The molecule has 0 fully saturated rings. The number of hydrogen-bond donors (Lipinski definition) is 0. The maximum absolute atomic E-state index is 4.77. The fourth-order valence-corrected chi connectivity index (χ4v) is 7.15. The van der Waals surface area contributed by atoms with Crippen molar-refractivity contribution in [3.8, 4) is 0 Å². The van der Waals surface area contributed by atoms with E-state index in [4.69, 9.17) is 4.98 Å². The number of benzene rings is 2. The molecule has 1 aliphatic rings. The van der Waals surface area contributed by atoms with Gasteiger partial charge in [-0.05, 0) is 30.0 Å². The molecule has 6 rings (SSSR count). The van der Waals surface area contributed by atoms with Gasteiger partial charge in [-0.1, -0.05) is 60.7 Å². The first kappa shape index (κ1) is 17.2. The molecular formula is C23H18N4S2. The highest BCUT2D eigenvalue weighted by Gasteiger charge is 2.34. The van der Waals surface area contributed by atoms with Crippen molar-refractivity contribution in [3.63, 3.8) is 0 Å². The molecule has 0 amide bonds. The fraction of sp³-hybridized carbons (Fsp3) is 0.174. The maximum Gasteiger partial charge on any atom is 0.172 e. The minimum atomic E-state index is 0.299. The van der Waals surface area contributed by atoms with Crippen LogP contribution in [-0.4, -0.2) is 19.6 Å². The second-order valence-corrected chi connectivity index (χ2v) is 9.68. The Labute approximate surface area is 176 Å².